The first-order valence-electron chi connectivity index (χ1n) is 5.17. The lowest BCUT2D eigenvalue weighted by Gasteiger charge is -2.14. The van der Waals surface area contributed by atoms with E-state index in [4.69, 9.17) is 4.74 Å². The Morgan fingerprint density at radius 1 is 1.62 bits per heavy atom. The third-order valence-corrected chi connectivity index (χ3v) is 2.38. The smallest absolute Gasteiger partial charge is 0.229 e. The summed E-state index contributed by atoms with van der Waals surface area (Å²) in [4.78, 5) is 13.0. The Morgan fingerprint density at radius 3 is 3.00 bits per heavy atom. The highest BCUT2D eigenvalue weighted by molar-refractivity contribution is 6.02. The van der Waals surface area contributed by atoms with Crippen LogP contribution < -0.4 is 15.0 Å². The topological polar surface area (TPSA) is 41.6 Å². The third-order valence-electron chi connectivity index (χ3n) is 2.38. The van der Waals surface area contributed by atoms with Gasteiger partial charge in [0.15, 0.2) is 0 Å². The van der Waals surface area contributed by atoms with Gasteiger partial charge in [0, 0.05) is 14.4 Å². The molecule has 1 aromatic rings. The van der Waals surface area contributed by atoms with Crippen LogP contribution in [0.15, 0.2) is 30.6 Å². The Hall–Kier alpha value is -1.97. The summed E-state index contributed by atoms with van der Waals surface area (Å²) in [5, 5.41) is 3.06. The van der Waals surface area contributed by atoms with E-state index in [-0.39, 0.29) is 7.33 Å². The monoisotopic (exact) mass is 220 g/mol. The number of nitrogens with one attached hydrogen (secondary N) is 1. The SMILES string of the molecule is C=C1Nc2cc(OCC)ccc2N1C(C)=O.[HH]. The van der Waals surface area contributed by atoms with E-state index in [0.29, 0.717) is 12.4 Å². The van der Waals surface area contributed by atoms with Gasteiger partial charge in [0.25, 0.3) is 0 Å². The molecule has 0 aromatic heterocycles. The first-order valence-corrected chi connectivity index (χ1v) is 5.17. The van der Waals surface area contributed by atoms with Gasteiger partial charge in [-0.15, -0.1) is 0 Å². The van der Waals surface area contributed by atoms with Crippen molar-refractivity contribution in [3.05, 3.63) is 30.6 Å². The van der Waals surface area contributed by atoms with Crippen molar-refractivity contribution in [2.45, 2.75) is 13.8 Å². The third kappa shape index (κ3) is 1.62. The number of carbonyl (C=O) groups excluding carboxylic acids is 1. The first-order chi connectivity index (χ1) is 7.63. The van der Waals surface area contributed by atoms with Gasteiger partial charge in [-0.1, -0.05) is 6.58 Å². The van der Waals surface area contributed by atoms with E-state index in [1.165, 1.54) is 6.92 Å². The summed E-state index contributed by atoms with van der Waals surface area (Å²) in [6.45, 7) is 7.87. The predicted molar refractivity (Wildman–Crippen MR) is 65.6 cm³/mol. The molecule has 0 atom stereocenters. The highest BCUT2D eigenvalue weighted by Gasteiger charge is 2.25. The molecule has 0 radical (unpaired) electrons. The van der Waals surface area contributed by atoms with Crippen molar-refractivity contribution in [2.24, 2.45) is 0 Å². The van der Waals surface area contributed by atoms with Crippen molar-refractivity contribution >= 4 is 17.3 Å². The molecular formula is C12H16N2O2. The highest BCUT2D eigenvalue weighted by Crippen LogP contribution is 2.38. The van der Waals surface area contributed by atoms with Crippen LogP contribution in [0.4, 0.5) is 11.4 Å². The van der Waals surface area contributed by atoms with E-state index >= 15 is 0 Å². The fourth-order valence-electron chi connectivity index (χ4n) is 1.78. The van der Waals surface area contributed by atoms with Gasteiger partial charge in [-0.25, -0.2) is 0 Å². The Morgan fingerprint density at radius 2 is 2.38 bits per heavy atom. The van der Waals surface area contributed by atoms with Crippen LogP contribution in [0.2, 0.25) is 0 Å². The first kappa shape index (κ1) is 10.5. The number of nitrogens with zero attached hydrogens (tertiary/aromatic N) is 1. The maximum Gasteiger partial charge on any atom is 0.229 e. The molecule has 0 bridgehead atoms. The lowest BCUT2D eigenvalue weighted by atomic mass is 10.2. The van der Waals surface area contributed by atoms with E-state index in [9.17, 15) is 4.79 Å². The molecule has 2 rings (SSSR count). The predicted octanol–water partition coefficient (Wildman–Crippen LogP) is 2.58. The van der Waals surface area contributed by atoms with Crippen LogP contribution in [0.1, 0.15) is 15.3 Å². The molecule has 1 aliphatic rings. The standard InChI is InChI=1S/C12H14N2O2.H2/c1-4-16-10-5-6-12-11(7-10)13-8(2)14(12)9(3)15;/h5-7,13H,2,4H2,1,3H3;1H. The molecule has 4 heteroatoms. The van der Waals surface area contributed by atoms with Gasteiger partial charge in [0.05, 0.1) is 18.0 Å². The zero-order valence-electron chi connectivity index (χ0n) is 9.41. The summed E-state index contributed by atoms with van der Waals surface area (Å²) in [7, 11) is 0. The average molecular weight is 220 g/mol. The molecule has 1 aliphatic heterocycles. The molecule has 16 heavy (non-hydrogen) atoms. The second-order valence-corrected chi connectivity index (χ2v) is 3.54. The zero-order valence-corrected chi connectivity index (χ0v) is 9.41. The van der Waals surface area contributed by atoms with Gasteiger partial charge in [-0.3, -0.25) is 9.69 Å². The van der Waals surface area contributed by atoms with Crippen LogP contribution in [0.25, 0.3) is 0 Å². The lowest BCUT2D eigenvalue weighted by molar-refractivity contribution is -0.116. The van der Waals surface area contributed by atoms with Crippen molar-refractivity contribution in [3.8, 4) is 5.75 Å². The van der Waals surface area contributed by atoms with Crippen molar-refractivity contribution in [2.75, 3.05) is 16.8 Å². The Labute approximate surface area is 96.0 Å². The van der Waals surface area contributed by atoms with E-state index in [0.717, 1.165) is 17.1 Å². The molecule has 4 nitrogen and oxygen atoms in total. The molecule has 1 aromatic carbocycles. The second kappa shape index (κ2) is 3.89. The number of amides is 1. The van der Waals surface area contributed by atoms with Crippen LogP contribution in [0, 0.1) is 0 Å². The van der Waals surface area contributed by atoms with Crippen LogP contribution >= 0.6 is 0 Å². The van der Waals surface area contributed by atoms with Gasteiger partial charge in [0.2, 0.25) is 5.91 Å². The number of rotatable bonds is 2. The van der Waals surface area contributed by atoms with E-state index in [1.54, 1.807) is 4.90 Å². The number of hydrogen-bond acceptors (Lipinski definition) is 3. The minimum Gasteiger partial charge on any atom is -0.494 e. The molecule has 0 aliphatic carbocycles. The largest absolute Gasteiger partial charge is 0.494 e. The van der Waals surface area contributed by atoms with Crippen molar-refractivity contribution in [1.82, 2.24) is 0 Å². The zero-order chi connectivity index (χ0) is 11.7. The Balaban J connectivity index is 0.00000144. The summed E-state index contributed by atoms with van der Waals surface area (Å²) in [5.74, 6) is 1.31. The molecule has 1 heterocycles. The normalized spacial score (nSPS) is 13.4. The maximum atomic E-state index is 11.4. The maximum absolute atomic E-state index is 11.4. The van der Waals surface area contributed by atoms with Gasteiger partial charge in [-0.05, 0) is 19.1 Å². The molecule has 0 unspecified atom stereocenters. The van der Waals surface area contributed by atoms with Gasteiger partial charge in [0.1, 0.15) is 11.6 Å². The summed E-state index contributed by atoms with van der Waals surface area (Å²) >= 11 is 0. The quantitative estimate of drug-likeness (QED) is 0.832. The number of ether oxygens (including phenoxy) is 1. The van der Waals surface area contributed by atoms with E-state index in [2.05, 4.69) is 11.9 Å². The van der Waals surface area contributed by atoms with Crippen molar-refractivity contribution in [1.29, 1.82) is 0 Å². The molecule has 0 fully saturated rings. The van der Waals surface area contributed by atoms with Crippen LogP contribution in [0.3, 0.4) is 0 Å². The van der Waals surface area contributed by atoms with Crippen molar-refractivity contribution in [3.63, 3.8) is 0 Å². The van der Waals surface area contributed by atoms with E-state index in [1.807, 2.05) is 25.1 Å². The van der Waals surface area contributed by atoms with Crippen LogP contribution in [-0.4, -0.2) is 12.5 Å². The van der Waals surface area contributed by atoms with E-state index < -0.39 is 0 Å². The van der Waals surface area contributed by atoms with Gasteiger partial charge in [-0.2, -0.15) is 0 Å². The number of benzene rings is 1. The summed E-state index contributed by atoms with van der Waals surface area (Å²) < 4.78 is 5.39. The molecule has 1 amide bonds. The number of hydrogen-bond donors (Lipinski definition) is 1. The molecule has 86 valence electrons. The fourth-order valence-corrected chi connectivity index (χ4v) is 1.78. The second-order valence-electron chi connectivity index (χ2n) is 3.54. The molecular weight excluding hydrogens is 204 g/mol. The van der Waals surface area contributed by atoms with Crippen molar-refractivity contribution < 1.29 is 11.0 Å². The van der Waals surface area contributed by atoms with Crippen LogP contribution in [-0.2, 0) is 4.79 Å². The van der Waals surface area contributed by atoms with Gasteiger partial charge >= 0.3 is 0 Å². The number of fused-ring (bicyclic) bond motifs is 1. The lowest BCUT2D eigenvalue weighted by Crippen LogP contribution is -2.25. The summed E-state index contributed by atoms with van der Waals surface area (Å²) in [6, 6.07) is 5.57. The fraction of sp³-hybridized carbons (Fsp3) is 0.250. The Bertz CT molecular complexity index is 460. The summed E-state index contributed by atoms with van der Waals surface area (Å²) in [5.41, 5.74) is 1.67. The highest BCUT2D eigenvalue weighted by atomic mass is 16.5. The number of anilines is 2. The Kier molecular flexibility index (Phi) is 2.56. The molecule has 0 saturated heterocycles. The molecule has 0 spiro atoms. The molecule has 1 N–H and O–H groups in total. The average Bonchev–Trinajstić information content (AvgIpc) is 2.53. The van der Waals surface area contributed by atoms with Gasteiger partial charge < -0.3 is 10.1 Å². The molecule has 0 saturated carbocycles. The minimum atomic E-state index is -0.0552. The van der Waals surface area contributed by atoms with Crippen LogP contribution in [0.5, 0.6) is 5.75 Å². The minimum absolute atomic E-state index is 0. The number of carbonyl (C=O) groups is 1. The summed E-state index contributed by atoms with van der Waals surface area (Å²) in [6.07, 6.45) is 0.